The highest BCUT2D eigenvalue weighted by atomic mass is 16.5. The van der Waals surface area contributed by atoms with Gasteiger partial charge in [0.25, 0.3) is 0 Å². The molecule has 0 saturated carbocycles. The van der Waals surface area contributed by atoms with Gasteiger partial charge in [-0.15, -0.1) is 0 Å². The summed E-state index contributed by atoms with van der Waals surface area (Å²) in [5, 5.41) is 3.63. The lowest BCUT2D eigenvalue weighted by Crippen LogP contribution is -2.50. The van der Waals surface area contributed by atoms with Gasteiger partial charge in [0, 0.05) is 39.2 Å². The first-order chi connectivity index (χ1) is 10.4. The van der Waals surface area contributed by atoms with Crippen molar-refractivity contribution >= 4 is 5.96 Å². The number of likely N-dealkylation sites (tertiary alicyclic amines) is 1. The summed E-state index contributed by atoms with van der Waals surface area (Å²) in [6, 6.07) is 0. The molecule has 2 heterocycles. The SMILES string of the molecule is CN=C(NCC1CCCOC1C(C)(C)C)N1CCCC(C)C1. The van der Waals surface area contributed by atoms with Gasteiger partial charge in [0.05, 0.1) is 6.10 Å². The highest BCUT2D eigenvalue weighted by molar-refractivity contribution is 5.80. The minimum atomic E-state index is 0.204. The first kappa shape index (κ1) is 17.6. The van der Waals surface area contributed by atoms with Crippen molar-refractivity contribution in [1.82, 2.24) is 10.2 Å². The van der Waals surface area contributed by atoms with Crippen molar-refractivity contribution in [3.63, 3.8) is 0 Å². The molecule has 2 rings (SSSR count). The van der Waals surface area contributed by atoms with Crippen molar-refractivity contribution in [2.75, 3.05) is 33.3 Å². The fourth-order valence-electron chi connectivity index (χ4n) is 3.95. The lowest BCUT2D eigenvalue weighted by molar-refractivity contribution is -0.0836. The van der Waals surface area contributed by atoms with Gasteiger partial charge in [0.15, 0.2) is 5.96 Å². The van der Waals surface area contributed by atoms with Gasteiger partial charge in [-0.05, 0) is 37.0 Å². The molecule has 2 fully saturated rings. The molecule has 4 heteroatoms. The van der Waals surface area contributed by atoms with Crippen LogP contribution >= 0.6 is 0 Å². The largest absolute Gasteiger partial charge is 0.377 e. The molecule has 4 nitrogen and oxygen atoms in total. The number of guanidine groups is 1. The summed E-state index contributed by atoms with van der Waals surface area (Å²) >= 11 is 0. The van der Waals surface area contributed by atoms with Crippen LogP contribution in [0.25, 0.3) is 0 Å². The molecule has 0 bridgehead atoms. The summed E-state index contributed by atoms with van der Waals surface area (Å²) < 4.78 is 6.09. The first-order valence-corrected chi connectivity index (χ1v) is 8.99. The third-order valence-electron chi connectivity index (χ3n) is 4.99. The highest BCUT2D eigenvalue weighted by Crippen LogP contribution is 2.33. The summed E-state index contributed by atoms with van der Waals surface area (Å²) in [6.07, 6.45) is 5.39. The predicted octanol–water partition coefficient (Wildman–Crippen LogP) is 3.14. The monoisotopic (exact) mass is 309 g/mol. The topological polar surface area (TPSA) is 36.9 Å². The van der Waals surface area contributed by atoms with Gasteiger partial charge >= 0.3 is 0 Å². The summed E-state index contributed by atoms with van der Waals surface area (Å²) in [4.78, 5) is 6.93. The summed E-state index contributed by atoms with van der Waals surface area (Å²) in [7, 11) is 1.90. The molecule has 1 N–H and O–H groups in total. The molecule has 3 atom stereocenters. The Kier molecular flexibility index (Phi) is 6.13. The molecule has 3 unspecified atom stereocenters. The van der Waals surface area contributed by atoms with Crippen LogP contribution in [0, 0.1) is 17.3 Å². The second-order valence-corrected chi connectivity index (χ2v) is 8.18. The Morgan fingerprint density at radius 1 is 1.27 bits per heavy atom. The molecule has 0 spiro atoms. The van der Waals surface area contributed by atoms with Gasteiger partial charge in [-0.3, -0.25) is 4.99 Å². The van der Waals surface area contributed by atoms with Gasteiger partial charge < -0.3 is 15.0 Å². The van der Waals surface area contributed by atoms with Crippen LogP contribution in [0.5, 0.6) is 0 Å². The van der Waals surface area contributed by atoms with Crippen LogP contribution in [0.1, 0.15) is 53.4 Å². The maximum atomic E-state index is 6.09. The van der Waals surface area contributed by atoms with Crippen molar-refractivity contribution in [2.24, 2.45) is 22.2 Å². The van der Waals surface area contributed by atoms with Gasteiger partial charge in [-0.2, -0.15) is 0 Å². The zero-order valence-corrected chi connectivity index (χ0v) is 15.2. The van der Waals surface area contributed by atoms with Gasteiger partial charge in [-0.1, -0.05) is 27.7 Å². The second-order valence-electron chi connectivity index (χ2n) is 8.18. The minimum absolute atomic E-state index is 0.204. The molecule has 2 aliphatic rings. The molecule has 0 aromatic carbocycles. The molecule has 128 valence electrons. The quantitative estimate of drug-likeness (QED) is 0.629. The van der Waals surface area contributed by atoms with Crippen molar-refractivity contribution in [3.05, 3.63) is 0 Å². The maximum Gasteiger partial charge on any atom is 0.193 e. The van der Waals surface area contributed by atoms with E-state index in [0.717, 1.165) is 38.1 Å². The Hall–Kier alpha value is -0.770. The zero-order valence-electron chi connectivity index (χ0n) is 15.2. The number of hydrogen-bond acceptors (Lipinski definition) is 2. The molecular weight excluding hydrogens is 274 g/mol. The standard InChI is InChI=1S/C18H35N3O/c1-14-8-6-10-21(13-14)17(19-5)20-12-15-9-7-11-22-16(15)18(2,3)4/h14-16H,6-13H2,1-5H3,(H,19,20). The lowest BCUT2D eigenvalue weighted by atomic mass is 9.78. The van der Waals surface area contributed by atoms with E-state index in [1.807, 2.05) is 7.05 Å². The molecular formula is C18H35N3O. The Bertz CT molecular complexity index is 375. The molecule has 0 aromatic rings. The van der Waals surface area contributed by atoms with Crippen LogP contribution in [0.15, 0.2) is 4.99 Å². The fraction of sp³-hybridized carbons (Fsp3) is 0.944. The van der Waals surface area contributed by atoms with Crippen LogP contribution in [0.4, 0.5) is 0 Å². The number of nitrogens with zero attached hydrogens (tertiary/aromatic N) is 2. The lowest BCUT2D eigenvalue weighted by Gasteiger charge is -2.41. The third kappa shape index (κ3) is 4.61. The summed E-state index contributed by atoms with van der Waals surface area (Å²) in [5.41, 5.74) is 0.204. The Morgan fingerprint density at radius 3 is 2.68 bits per heavy atom. The van der Waals surface area contributed by atoms with Crippen molar-refractivity contribution in [3.8, 4) is 0 Å². The molecule has 0 amide bonds. The summed E-state index contributed by atoms with van der Waals surface area (Å²) in [5.74, 6) is 2.42. The average Bonchev–Trinajstić information content (AvgIpc) is 2.47. The van der Waals surface area contributed by atoms with E-state index in [2.05, 4.69) is 42.9 Å². The average molecular weight is 309 g/mol. The molecule has 2 aliphatic heterocycles. The van der Waals surface area contributed by atoms with Crippen molar-refractivity contribution in [2.45, 2.75) is 59.5 Å². The van der Waals surface area contributed by atoms with Crippen LogP contribution in [0.2, 0.25) is 0 Å². The van der Waals surface area contributed by atoms with Crippen LogP contribution < -0.4 is 5.32 Å². The smallest absolute Gasteiger partial charge is 0.193 e. The fourth-order valence-corrected chi connectivity index (χ4v) is 3.95. The van der Waals surface area contributed by atoms with Crippen LogP contribution in [0.3, 0.4) is 0 Å². The molecule has 2 saturated heterocycles. The zero-order chi connectivity index (χ0) is 16.2. The number of piperidine rings is 1. The molecule has 0 aromatic heterocycles. The molecule has 0 radical (unpaired) electrons. The van der Waals surface area contributed by atoms with E-state index in [-0.39, 0.29) is 5.41 Å². The summed E-state index contributed by atoms with van der Waals surface area (Å²) in [6.45, 7) is 13.4. The van der Waals surface area contributed by atoms with E-state index in [9.17, 15) is 0 Å². The van der Waals surface area contributed by atoms with Gasteiger partial charge in [0.2, 0.25) is 0 Å². The number of ether oxygens (including phenoxy) is 1. The highest BCUT2D eigenvalue weighted by Gasteiger charge is 2.35. The van der Waals surface area contributed by atoms with Crippen molar-refractivity contribution in [1.29, 1.82) is 0 Å². The van der Waals surface area contributed by atoms with E-state index in [4.69, 9.17) is 4.74 Å². The number of rotatable bonds is 2. The van der Waals surface area contributed by atoms with E-state index >= 15 is 0 Å². The second kappa shape index (κ2) is 7.67. The number of aliphatic imine (C=N–C) groups is 1. The first-order valence-electron chi connectivity index (χ1n) is 8.99. The van der Waals surface area contributed by atoms with Gasteiger partial charge in [-0.25, -0.2) is 0 Å². The van der Waals surface area contributed by atoms with E-state index in [0.29, 0.717) is 12.0 Å². The Morgan fingerprint density at radius 2 is 2.05 bits per heavy atom. The van der Waals surface area contributed by atoms with E-state index < -0.39 is 0 Å². The van der Waals surface area contributed by atoms with Crippen LogP contribution in [-0.2, 0) is 4.74 Å². The third-order valence-corrected chi connectivity index (χ3v) is 4.99. The minimum Gasteiger partial charge on any atom is -0.377 e. The Labute approximate surface area is 136 Å². The van der Waals surface area contributed by atoms with Gasteiger partial charge in [0.1, 0.15) is 0 Å². The van der Waals surface area contributed by atoms with Crippen LogP contribution in [-0.4, -0.2) is 50.3 Å². The normalized spacial score (nSPS) is 31.2. The molecule has 22 heavy (non-hydrogen) atoms. The van der Waals surface area contributed by atoms with E-state index in [1.165, 1.54) is 25.7 Å². The number of hydrogen-bond donors (Lipinski definition) is 1. The van der Waals surface area contributed by atoms with Crippen molar-refractivity contribution < 1.29 is 4.74 Å². The maximum absolute atomic E-state index is 6.09. The predicted molar refractivity (Wildman–Crippen MR) is 93.3 cm³/mol. The van der Waals surface area contributed by atoms with E-state index in [1.54, 1.807) is 0 Å². The number of nitrogens with one attached hydrogen (secondary N) is 1. The Balaban J connectivity index is 1.91. The molecule has 0 aliphatic carbocycles.